The van der Waals surface area contributed by atoms with E-state index in [0.717, 1.165) is 12.8 Å². The molecular formula is C13H25NO2. The van der Waals surface area contributed by atoms with Gasteiger partial charge in [-0.3, -0.25) is 4.79 Å². The van der Waals surface area contributed by atoms with Crippen molar-refractivity contribution in [3.63, 3.8) is 0 Å². The lowest BCUT2D eigenvalue weighted by molar-refractivity contribution is -0.126. The lowest BCUT2D eigenvalue weighted by Gasteiger charge is -2.36. The highest BCUT2D eigenvalue weighted by molar-refractivity contribution is 5.78. The quantitative estimate of drug-likeness (QED) is 0.732. The highest BCUT2D eigenvalue weighted by Crippen LogP contribution is 2.40. The first-order chi connectivity index (χ1) is 7.61. The average molecular weight is 227 g/mol. The number of hydrogen-bond donors (Lipinski definition) is 1. The molecule has 16 heavy (non-hydrogen) atoms. The summed E-state index contributed by atoms with van der Waals surface area (Å²) in [5, 5.41) is 2.93. The van der Waals surface area contributed by atoms with E-state index in [1.165, 1.54) is 19.3 Å². The van der Waals surface area contributed by atoms with Crippen LogP contribution in [0.4, 0.5) is 0 Å². The summed E-state index contributed by atoms with van der Waals surface area (Å²) in [6.45, 7) is 5.83. The number of carbonyl (C=O) groups excluding carboxylic acids is 1. The van der Waals surface area contributed by atoms with Crippen LogP contribution in [0.2, 0.25) is 0 Å². The lowest BCUT2D eigenvalue weighted by Crippen LogP contribution is -2.36. The zero-order valence-electron chi connectivity index (χ0n) is 10.8. The summed E-state index contributed by atoms with van der Waals surface area (Å²) in [5.41, 5.74) is 0.476. The van der Waals surface area contributed by atoms with Crippen LogP contribution in [0, 0.1) is 11.3 Å². The fraction of sp³-hybridized carbons (Fsp3) is 0.923. The average Bonchev–Trinajstić information content (AvgIpc) is 2.30. The molecule has 0 radical (unpaired) electrons. The third kappa shape index (κ3) is 3.78. The summed E-state index contributed by atoms with van der Waals surface area (Å²) < 4.78 is 4.92. The van der Waals surface area contributed by atoms with Crippen molar-refractivity contribution in [3.05, 3.63) is 0 Å². The van der Waals surface area contributed by atoms with E-state index in [-0.39, 0.29) is 11.8 Å². The van der Waals surface area contributed by atoms with E-state index in [4.69, 9.17) is 4.74 Å². The van der Waals surface area contributed by atoms with Crippen molar-refractivity contribution in [3.8, 4) is 0 Å². The zero-order valence-corrected chi connectivity index (χ0v) is 10.8. The first kappa shape index (κ1) is 13.5. The third-order valence-corrected chi connectivity index (χ3v) is 4.02. The molecule has 3 heteroatoms. The smallest absolute Gasteiger partial charge is 0.223 e. The molecule has 0 unspecified atom stereocenters. The molecule has 1 rings (SSSR count). The van der Waals surface area contributed by atoms with Gasteiger partial charge in [-0.25, -0.2) is 0 Å². The fourth-order valence-electron chi connectivity index (χ4n) is 2.35. The van der Waals surface area contributed by atoms with E-state index < -0.39 is 0 Å². The SMILES string of the molecule is CCC1(C)CCC(C(=O)NCCOC)CC1. The Hall–Kier alpha value is -0.570. The highest BCUT2D eigenvalue weighted by atomic mass is 16.5. The summed E-state index contributed by atoms with van der Waals surface area (Å²) in [7, 11) is 1.65. The van der Waals surface area contributed by atoms with Gasteiger partial charge in [-0.05, 0) is 31.1 Å². The van der Waals surface area contributed by atoms with Gasteiger partial charge >= 0.3 is 0 Å². The van der Waals surface area contributed by atoms with Crippen molar-refractivity contribution >= 4 is 5.91 Å². The Morgan fingerprint density at radius 3 is 2.56 bits per heavy atom. The maximum Gasteiger partial charge on any atom is 0.223 e. The van der Waals surface area contributed by atoms with Gasteiger partial charge in [0.1, 0.15) is 0 Å². The van der Waals surface area contributed by atoms with Crippen LogP contribution >= 0.6 is 0 Å². The molecule has 0 bridgehead atoms. The van der Waals surface area contributed by atoms with E-state index >= 15 is 0 Å². The first-order valence-corrected chi connectivity index (χ1v) is 6.38. The van der Waals surface area contributed by atoms with Crippen LogP contribution < -0.4 is 5.32 Å². The molecule has 0 heterocycles. The Bertz CT molecular complexity index is 220. The van der Waals surface area contributed by atoms with Crippen LogP contribution in [-0.4, -0.2) is 26.2 Å². The number of ether oxygens (including phenoxy) is 1. The van der Waals surface area contributed by atoms with Crippen LogP contribution in [0.3, 0.4) is 0 Å². The molecule has 0 saturated heterocycles. The van der Waals surface area contributed by atoms with E-state index in [0.29, 0.717) is 18.6 Å². The van der Waals surface area contributed by atoms with Crippen LogP contribution in [-0.2, 0) is 9.53 Å². The fourth-order valence-corrected chi connectivity index (χ4v) is 2.35. The van der Waals surface area contributed by atoms with Crippen molar-refractivity contribution in [2.75, 3.05) is 20.3 Å². The van der Waals surface area contributed by atoms with Crippen molar-refractivity contribution in [2.24, 2.45) is 11.3 Å². The van der Waals surface area contributed by atoms with Crippen molar-refractivity contribution in [1.29, 1.82) is 0 Å². The number of nitrogens with one attached hydrogen (secondary N) is 1. The largest absolute Gasteiger partial charge is 0.383 e. The summed E-state index contributed by atoms with van der Waals surface area (Å²) in [4.78, 5) is 11.8. The van der Waals surface area contributed by atoms with Gasteiger partial charge in [0.2, 0.25) is 5.91 Å². The summed E-state index contributed by atoms with van der Waals surface area (Å²) >= 11 is 0. The Morgan fingerprint density at radius 2 is 2.06 bits per heavy atom. The minimum Gasteiger partial charge on any atom is -0.383 e. The number of rotatable bonds is 5. The minimum absolute atomic E-state index is 0.218. The van der Waals surface area contributed by atoms with Gasteiger partial charge < -0.3 is 10.1 Å². The van der Waals surface area contributed by atoms with Gasteiger partial charge in [0.05, 0.1) is 6.61 Å². The summed E-state index contributed by atoms with van der Waals surface area (Å²) in [6, 6.07) is 0. The topological polar surface area (TPSA) is 38.3 Å². The van der Waals surface area contributed by atoms with Gasteiger partial charge in [0.15, 0.2) is 0 Å². The standard InChI is InChI=1S/C13H25NO2/c1-4-13(2)7-5-11(6-8-13)12(15)14-9-10-16-3/h11H,4-10H2,1-3H3,(H,14,15). The van der Waals surface area contributed by atoms with E-state index in [2.05, 4.69) is 19.2 Å². The zero-order chi connectivity index (χ0) is 12.0. The van der Waals surface area contributed by atoms with Gasteiger partial charge in [0, 0.05) is 19.6 Å². The number of hydrogen-bond acceptors (Lipinski definition) is 2. The minimum atomic E-state index is 0.218. The van der Waals surface area contributed by atoms with Crippen LogP contribution in [0.15, 0.2) is 0 Å². The van der Waals surface area contributed by atoms with Crippen LogP contribution in [0.5, 0.6) is 0 Å². The van der Waals surface area contributed by atoms with Crippen molar-refractivity contribution < 1.29 is 9.53 Å². The molecule has 94 valence electrons. The summed E-state index contributed by atoms with van der Waals surface area (Å²) in [5.74, 6) is 0.451. The second kappa shape index (κ2) is 6.24. The molecule has 0 aliphatic heterocycles. The summed E-state index contributed by atoms with van der Waals surface area (Å²) in [6.07, 6.45) is 5.69. The predicted octanol–water partition coefficient (Wildman–Crippen LogP) is 2.36. The molecule has 1 fully saturated rings. The molecule has 1 saturated carbocycles. The molecular weight excluding hydrogens is 202 g/mol. The van der Waals surface area contributed by atoms with Gasteiger partial charge in [-0.15, -0.1) is 0 Å². The van der Waals surface area contributed by atoms with E-state index in [9.17, 15) is 4.79 Å². The number of methoxy groups -OCH3 is 1. The molecule has 3 nitrogen and oxygen atoms in total. The molecule has 0 atom stereocenters. The molecule has 0 aromatic rings. The van der Waals surface area contributed by atoms with Crippen LogP contribution in [0.25, 0.3) is 0 Å². The number of amides is 1. The molecule has 1 aliphatic carbocycles. The second-order valence-electron chi connectivity index (χ2n) is 5.22. The Labute approximate surface area is 98.9 Å². The molecule has 1 amide bonds. The monoisotopic (exact) mass is 227 g/mol. The molecule has 1 N–H and O–H groups in total. The van der Waals surface area contributed by atoms with Gasteiger partial charge in [0.25, 0.3) is 0 Å². The molecule has 0 aromatic heterocycles. The van der Waals surface area contributed by atoms with E-state index in [1.807, 2.05) is 0 Å². The predicted molar refractivity (Wildman–Crippen MR) is 65.2 cm³/mol. The van der Waals surface area contributed by atoms with E-state index in [1.54, 1.807) is 7.11 Å². The lowest BCUT2D eigenvalue weighted by atomic mass is 9.70. The van der Waals surface area contributed by atoms with Crippen LogP contribution in [0.1, 0.15) is 46.0 Å². The molecule has 1 aliphatic rings. The Balaban J connectivity index is 2.27. The molecule has 0 aromatic carbocycles. The maximum atomic E-state index is 11.8. The van der Waals surface area contributed by atoms with Gasteiger partial charge in [-0.1, -0.05) is 20.3 Å². The van der Waals surface area contributed by atoms with Crippen molar-refractivity contribution in [1.82, 2.24) is 5.32 Å². The van der Waals surface area contributed by atoms with Crippen molar-refractivity contribution in [2.45, 2.75) is 46.0 Å². The number of carbonyl (C=O) groups is 1. The second-order valence-corrected chi connectivity index (χ2v) is 5.22. The Kier molecular flexibility index (Phi) is 5.26. The molecule has 0 spiro atoms. The maximum absolute atomic E-state index is 11.8. The normalized spacial score (nSPS) is 30.1. The third-order valence-electron chi connectivity index (χ3n) is 4.02. The Morgan fingerprint density at radius 1 is 1.44 bits per heavy atom. The first-order valence-electron chi connectivity index (χ1n) is 6.38. The van der Waals surface area contributed by atoms with Gasteiger partial charge in [-0.2, -0.15) is 0 Å². The highest BCUT2D eigenvalue weighted by Gasteiger charge is 2.32.